The number of benzene rings is 1. The van der Waals surface area contributed by atoms with Crippen molar-refractivity contribution in [1.29, 1.82) is 0 Å². The van der Waals surface area contributed by atoms with Gasteiger partial charge in [0.15, 0.2) is 0 Å². The predicted octanol–water partition coefficient (Wildman–Crippen LogP) is 3.12. The van der Waals surface area contributed by atoms with Gasteiger partial charge in [-0.2, -0.15) is 13.2 Å². The molecule has 28 heavy (non-hydrogen) atoms. The van der Waals surface area contributed by atoms with Crippen LogP contribution in [0.1, 0.15) is 25.8 Å². The Kier molecular flexibility index (Phi) is 7.15. The summed E-state index contributed by atoms with van der Waals surface area (Å²) >= 11 is 0. The molecule has 2 amide bonds. The molecule has 1 fully saturated rings. The van der Waals surface area contributed by atoms with Gasteiger partial charge < -0.3 is 19.9 Å². The molecular formula is C19H26F3N3O3. The zero-order chi connectivity index (χ0) is 20.9. The molecular weight excluding hydrogens is 375 g/mol. The minimum absolute atomic E-state index is 0.0807. The van der Waals surface area contributed by atoms with E-state index >= 15 is 0 Å². The molecule has 0 saturated carbocycles. The molecule has 1 aromatic carbocycles. The molecule has 1 saturated heterocycles. The number of hydrogen-bond acceptors (Lipinski definition) is 4. The first-order chi connectivity index (χ1) is 13.2. The first-order valence-electron chi connectivity index (χ1n) is 9.22. The number of nitrogens with zero attached hydrogens (tertiary/aromatic N) is 2. The monoisotopic (exact) mass is 401 g/mol. The van der Waals surface area contributed by atoms with Gasteiger partial charge in [-0.25, -0.2) is 9.59 Å². The van der Waals surface area contributed by atoms with Crippen molar-refractivity contribution < 1.29 is 27.5 Å². The van der Waals surface area contributed by atoms with Gasteiger partial charge in [-0.1, -0.05) is 26.3 Å². The largest absolute Gasteiger partial charge is 0.467 e. The maximum Gasteiger partial charge on any atom is 0.416 e. The quantitative estimate of drug-likeness (QED) is 0.770. The average molecular weight is 401 g/mol. The fraction of sp³-hybridized carbons (Fsp3) is 0.579. The fourth-order valence-electron chi connectivity index (χ4n) is 3.07. The number of amides is 2. The summed E-state index contributed by atoms with van der Waals surface area (Å²) in [6, 6.07) is 4.05. The highest BCUT2D eigenvalue weighted by Crippen LogP contribution is 2.31. The van der Waals surface area contributed by atoms with E-state index in [1.165, 1.54) is 13.2 Å². The average Bonchev–Trinajstić information content (AvgIpc) is 2.70. The number of carbonyl (C=O) groups excluding carboxylic acids is 2. The summed E-state index contributed by atoms with van der Waals surface area (Å²) in [4.78, 5) is 27.8. The van der Waals surface area contributed by atoms with Gasteiger partial charge in [-0.15, -0.1) is 0 Å². The molecule has 0 radical (unpaired) electrons. The second kappa shape index (κ2) is 9.16. The van der Waals surface area contributed by atoms with Crippen LogP contribution in [0.3, 0.4) is 0 Å². The summed E-state index contributed by atoms with van der Waals surface area (Å²) in [5.41, 5.74) is -0.221. The number of esters is 1. The van der Waals surface area contributed by atoms with E-state index in [0.717, 1.165) is 12.1 Å². The summed E-state index contributed by atoms with van der Waals surface area (Å²) in [6.07, 6.45) is -3.69. The smallest absolute Gasteiger partial charge is 0.416 e. The first-order valence-corrected chi connectivity index (χ1v) is 9.22. The molecule has 0 aromatic heterocycles. The van der Waals surface area contributed by atoms with Crippen molar-refractivity contribution in [2.45, 2.75) is 32.5 Å². The number of hydrogen-bond donors (Lipinski definition) is 1. The molecule has 9 heteroatoms. The molecule has 6 nitrogen and oxygen atoms in total. The van der Waals surface area contributed by atoms with Crippen LogP contribution < -0.4 is 10.2 Å². The molecule has 156 valence electrons. The summed E-state index contributed by atoms with van der Waals surface area (Å²) in [5.74, 6) is -0.576. The molecule has 1 aromatic rings. The molecule has 2 rings (SSSR count). The predicted molar refractivity (Wildman–Crippen MR) is 99.0 cm³/mol. The third-order valence-electron chi connectivity index (χ3n) is 5.05. The highest BCUT2D eigenvalue weighted by Gasteiger charge is 2.32. The van der Waals surface area contributed by atoms with Crippen LogP contribution in [0.15, 0.2) is 24.3 Å². The lowest BCUT2D eigenvalue weighted by Crippen LogP contribution is -2.56. The van der Waals surface area contributed by atoms with Crippen molar-refractivity contribution >= 4 is 17.7 Å². The Morgan fingerprint density at radius 2 is 1.86 bits per heavy atom. The van der Waals surface area contributed by atoms with Gasteiger partial charge in [0.1, 0.15) is 6.04 Å². The summed E-state index contributed by atoms with van der Waals surface area (Å²) in [6.45, 7) is 5.27. The van der Waals surface area contributed by atoms with E-state index in [-0.39, 0.29) is 11.9 Å². The van der Waals surface area contributed by atoms with Crippen molar-refractivity contribution in [2.24, 2.45) is 5.92 Å². The fourth-order valence-corrected chi connectivity index (χ4v) is 3.07. The van der Waals surface area contributed by atoms with Crippen LogP contribution in [-0.4, -0.2) is 56.2 Å². The molecule has 0 spiro atoms. The SMILES string of the molecule is CCC(C)[C@H](NC(=O)N1CCN(c2cccc(C(F)(F)F)c2)CC1)C(=O)OC. The molecule has 1 aliphatic rings. The Balaban J connectivity index is 1.98. The van der Waals surface area contributed by atoms with Gasteiger partial charge in [0.25, 0.3) is 0 Å². The Morgan fingerprint density at radius 3 is 2.39 bits per heavy atom. The Hall–Kier alpha value is -2.45. The highest BCUT2D eigenvalue weighted by atomic mass is 19.4. The standard InChI is InChI=1S/C19H26F3N3O3/c1-4-13(2)16(17(26)28-3)23-18(27)25-10-8-24(9-11-25)15-7-5-6-14(12-15)19(20,21)22/h5-7,12-13,16H,4,8-11H2,1-3H3,(H,23,27)/t13?,16-/m0/s1. The third-order valence-corrected chi connectivity index (χ3v) is 5.05. The number of alkyl halides is 3. The van der Waals surface area contributed by atoms with Crippen molar-refractivity contribution in [3.05, 3.63) is 29.8 Å². The van der Waals surface area contributed by atoms with E-state index in [1.807, 2.05) is 18.7 Å². The second-order valence-electron chi connectivity index (χ2n) is 6.86. The minimum atomic E-state index is -4.39. The molecule has 2 atom stereocenters. The first kappa shape index (κ1) is 21.8. The van der Waals surface area contributed by atoms with Crippen LogP contribution in [0.5, 0.6) is 0 Å². The lowest BCUT2D eigenvalue weighted by Gasteiger charge is -2.37. The Labute approximate surface area is 162 Å². The van der Waals surface area contributed by atoms with E-state index in [9.17, 15) is 22.8 Å². The molecule has 1 N–H and O–H groups in total. The topological polar surface area (TPSA) is 61.9 Å². The maximum atomic E-state index is 12.9. The van der Waals surface area contributed by atoms with Crippen molar-refractivity contribution in [1.82, 2.24) is 10.2 Å². The summed E-state index contributed by atoms with van der Waals surface area (Å²) in [7, 11) is 1.28. The van der Waals surface area contributed by atoms with Crippen molar-refractivity contribution in [3.8, 4) is 0 Å². The number of rotatable bonds is 5. The maximum absolute atomic E-state index is 12.9. The van der Waals surface area contributed by atoms with Crippen molar-refractivity contribution in [2.75, 3.05) is 38.2 Å². The number of urea groups is 1. The molecule has 0 aliphatic carbocycles. The Morgan fingerprint density at radius 1 is 1.21 bits per heavy atom. The summed E-state index contributed by atoms with van der Waals surface area (Å²) < 4.78 is 43.5. The van der Waals surface area contributed by atoms with Crippen LogP contribution in [0.2, 0.25) is 0 Å². The van der Waals surface area contributed by atoms with E-state index in [1.54, 1.807) is 11.0 Å². The van der Waals surface area contributed by atoms with Crippen LogP contribution in [0.4, 0.5) is 23.7 Å². The highest BCUT2D eigenvalue weighted by molar-refractivity contribution is 5.84. The summed E-state index contributed by atoms with van der Waals surface area (Å²) in [5, 5.41) is 2.72. The van der Waals surface area contributed by atoms with Gasteiger partial charge in [0.05, 0.1) is 12.7 Å². The van der Waals surface area contributed by atoms with Crippen molar-refractivity contribution in [3.63, 3.8) is 0 Å². The molecule has 1 heterocycles. The number of ether oxygens (including phenoxy) is 1. The number of halogens is 3. The number of carbonyl (C=O) groups is 2. The zero-order valence-corrected chi connectivity index (χ0v) is 16.3. The second-order valence-corrected chi connectivity index (χ2v) is 6.86. The van der Waals surface area contributed by atoms with E-state index < -0.39 is 23.8 Å². The number of nitrogens with one attached hydrogen (secondary N) is 1. The van der Waals surface area contributed by atoms with Gasteiger partial charge in [-0.05, 0) is 24.1 Å². The van der Waals surface area contributed by atoms with E-state index in [4.69, 9.17) is 4.74 Å². The lowest BCUT2D eigenvalue weighted by atomic mass is 9.99. The normalized spacial score (nSPS) is 17.1. The van der Waals surface area contributed by atoms with E-state index in [2.05, 4.69) is 5.32 Å². The van der Waals surface area contributed by atoms with Crippen LogP contribution >= 0.6 is 0 Å². The Bertz CT molecular complexity index is 688. The zero-order valence-electron chi connectivity index (χ0n) is 16.3. The van der Waals surface area contributed by atoms with Gasteiger partial charge >= 0.3 is 18.2 Å². The molecule has 0 bridgehead atoms. The third kappa shape index (κ3) is 5.30. The van der Waals surface area contributed by atoms with E-state index in [0.29, 0.717) is 38.3 Å². The molecule has 1 unspecified atom stereocenters. The number of piperazine rings is 1. The van der Waals surface area contributed by atoms with Crippen LogP contribution in [0.25, 0.3) is 0 Å². The number of anilines is 1. The van der Waals surface area contributed by atoms with Gasteiger partial charge in [0.2, 0.25) is 0 Å². The van der Waals surface area contributed by atoms with Crippen LogP contribution in [0, 0.1) is 5.92 Å². The van der Waals surface area contributed by atoms with Crippen LogP contribution in [-0.2, 0) is 15.7 Å². The molecule has 1 aliphatic heterocycles. The lowest BCUT2D eigenvalue weighted by molar-refractivity contribution is -0.144. The van der Waals surface area contributed by atoms with Gasteiger partial charge in [0, 0.05) is 31.9 Å². The van der Waals surface area contributed by atoms with Gasteiger partial charge in [-0.3, -0.25) is 0 Å². The number of methoxy groups -OCH3 is 1. The minimum Gasteiger partial charge on any atom is -0.467 e.